The van der Waals surface area contributed by atoms with E-state index in [9.17, 15) is 4.79 Å². The zero-order chi connectivity index (χ0) is 25.3. The number of pyridine rings is 1. The molecular formula is C26H36N3O5Si+. The number of nitrogens with two attached hydrogens (primary N) is 1. The van der Waals surface area contributed by atoms with E-state index in [1.807, 2.05) is 36.5 Å². The number of carbonyl (C=O) groups is 1. The maximum Gasteiger partial charge on any atom is 0.371 e. The molecule has 1 aliphatic heterocycles. The Hall–Kier alpha value is -3.17. The maximum absolute atomic E-state index is 11.8. The van der Waals surface area contributed by atoms with Crippen molar-refractivity contribution in [2.45, 2.75) is 44.9 Å². The Balaban J connectivity index is 1.60. The van der Waals surface area contributed by atoms with Crippen molar-refractivity contribution in [1.82, 2.24) is 0 Å². The van der Waals surface area contributed by atoms with Crippen molar-refractivity contribution >= 4 is 19.8 Å². The van der Waals surface area contributed by atoms with Gasteiger partial charge in [-0.25, -0.2) is 0 Å². The van der Waals surface area contributed by atoms with Gasteiger partial charge in [-0.1, -0.05) is 25.7 Å². The summed E-state index contributed by atoms with van der Waals surface area (Å²) < 4.78 is 22.5. The zero-order valence-electron chi connectivity index (χ0n) is 21.0. The van der Waals surface area contributed by atoms with Crippen LogP contribution in [0, 0.1) is 0 Å². The van der Waals surface area contributed by atoms with Crippen LogP contribution in [0.1, 0.15) is 30.4 Å². The zero-order valence-corrected chi connectivity index (χ0v) is 22.0. The Kier molecular flexibility index (Phi) is 9.45. The molecule has 1 aromatic heterocycles. The van der Waals surface area contributed by atoms with Gasteiger partial charge in [0.25, 0.3) is 0 Å². The molecule has 3 rings (SSSR count). The van der Waals surface area contributed by atoms with Crippen LogP contribution in [-0.4, -0.2) is 46.3 Å². The van der Waals surface area contributed by atoms with E-state index in [0.717, 1.165) is 28.6 Å². The van der Waals surface area contributed by atoms with Crippen LogP contribution >= 0.6 is 0 Å². The fourth-order valence-corrected chi connectivity index (χ4v) is 4.32. The molecule has 35 heavy (non-hydrogen) atoms. The lowest BCUT2D eigenvalue weighted by Crippen LogP contribution is -2.21. The standard InChI is InChI=1S/C26H35N3O5Si/c1-5-32-26(30)14-20-17-33-24-15-21(7-8-22(20)24)34-25-9-6-19(16-28-25)23(10-11-27)29-18-31-12-13-35(2,3)4/h6-11,15-16,20H,5,12-14,17-18,27H2,1-4H3/p+1/b11-10-,29-23-. The van der Waals surface area contributed by atoms with Gasteiger partial charge >= 0.3 is 11.8 Å². The summed E-state index contributed by atoms with van der Waals surface area (Å²) >= 11 is 0. The highest BCUT2D eigenvalue weighted by Crippen LogP contribution is 2.39. The Morgan fingerprint density at radius 2 is 2.11 bits per heavy atom. The molecule has 3 N–H and O–H groups in total. The topological polar surface area (TPSA) is 107 Å². The molecule has 0 saturated carbocycles. The van der Waals surface area contributed by atoms with Crippen LogP contribution in [-0.2, 0) is 14.3 Å². The summed E-state index contributed by atoms with van der Waals surface area (Å²) in [6.07, 6.45) is 5.33. The van der Waals surface area contributed by atoms with Gasteiger partial charge in [-0.05, 0) is 37.4 Å². The van der Waals surface area contributed by atoms with E-state index < -0.39 is 8.07 Å². The number of ether oxygens (including phenoxy) is 4. The molecule has 0 aliphatic carbocycles. The van der Waals surface area contributed by atoms with Gasteiger partial charge in [-0.2, -0.15) is 4.98 Å². The minimum Gasteiger partial charge on any atom is -0.492 e. The SMILES string of the molecule is CCOC(=O)CC1COc2cc(Oc3ccc(C(/C=C\N)=N\COCC[Si](C)(C)C)c[nH+]3)ccc21. The number of allylic oxidation sites excluding steroid dienone is 1. The van der Waals surface area contributed by atoms with Gasteiger partial charge in [0.1, 0.15) is 18.2 Å². The van der Waals surface area contributed by atoms with Crippen LogP contribution in [0.15, 0.2) is 53.8 Å². The highest BCUT2D eigenvalue weighted by Gasteiger charge is 2.27. The number of nitrogens with zero attached hydrogens (tertiary/aromatic N) is 1. The third-order valence-corrected chi connectivity index (χ3v) is 7.17. The smallest absolute Gasteiger partial charge is 0.371 e. The maximum atomic E-state index is 11.8. The molecule has 9 heteroatoms. The van der Waals surface area contributed by atoms with E-state index in [2.05, 4.69) is 29.6 Å². The third kappa shape index (κ3) is 8.22. The molecule has 188 valence electrons. The molecule has 2 heterocycles. The first-order valence-electron chi connectivity index (χ1n) is 11.9. The molecule has 0 saturated heterocycles. The van der Waals surface area contributed by atoms with E-state index in [-0.39, 0.29) is 18.6 Å². The Morgan fingerprint density at radius 3 is 2.80 bits per heavy atom. The van der Waals surface area contributed by atoms with Gasteiger partial charge in [0.2, 0.25) is 0 Å². The number of nitrogens with one attached hydrogen (secondary N) is 1. The van der Waals surface area contributed by atoms with Crippen molar-refractivity contribution in [3.8, 4) is 17.4 Å². The number of hydrogen-bond donors (Lipinski definition) is 1. The van der Waals surface area contributed by atoms with Crippen LogP contribution in [0.2, 0.25) is 25.7 Å². The van der Waals surface area contributed by atoms with Crippen molar-refractivity contribution in [3.63, 3.8) is 0 Å². The minimum atomic E-state index is -1.12. The van der Waals surface area contributed by atoms with Crippen molar-refractivity contribution in [1.29, 1.82) is 0 Å². The summed E-state index contributed by atoms with van der Waals surface area (Å²) in [4.78, 5) is 19.5. The fraction of sp³-hybridized carbons (Fsp3) is 0.423. The third-order valence-electron chi connectivity index (χ3n) is 5.47. The van der Waals surface area contributed by atoms with Gasteiger partial charge < -0.3 is 24.7 Å². The quantitative estimate of drug-likeness (QED) is 0.202. The molecule has 0 radical (unpaired) electrons. The lowest BCUT2D eigenvalue weighted by atomic mass is 9.98. The van der Waals surface area contributed by atoms with Gasteiger partial charge in [0.15, 0.2) is 6.20 Å². The second kappa shape index (κ2) is 12.5. The number of benzene rings is 1. The van der Waals surface area contributed by atoms with Gasteiger partial charge in [0, 0.05) is 32.2 Å². The molecule has 8 nitrogen and oxygen atoms in total. The Morgan fingerprint density at radius 1 is 1.29 bits per heavy atom. The highest BCUT2D eigenvalue weighted by atomic mass is 28.3. The number of esters is 1. The van der Waals surface area contributed by atoms with Crippen molar-refractivity contribution in [3.05, 3.63) is 59.9 Å². The summed E-state index contributed by atoms with van der Waals surface area (Å²) in [5.41, 5.74) is 8.20. The monoisotopic (exact) mass is 498 g/mol. The first-order valence-corrected chi connectivity index (χ1v) is 15.6. The number of carbonyl (C=O) groups excluding carboxylic acids is 1. The number of hydrogen-bond acceptors (Lipinski definition) is 7. The van der Waals surface area contributed by atoms with Crippen molar-refractivity contribution < 1.29 is 28.7 Å². The molecule has 1 aliphatic rings. The molecule has 0 spiro atoms. The summed E-state index contributed by atoms with van der Waals surface area (Å²) in [5.74, 6) is 1.71. The van der Waals surface area contributed by atoms with Crippen molar-refractivity contribution in [2.75, 3.05) is 26.6 Å². The lowest BCUT2D eigenvalue weighted by molar-refractivity contribution is -0.391. The summed E-state index contributed by atoms with van der Waals surface area (Å²) in [6, 6.07) is 10.5. The van der Waals surface area contributed by atoms with E-state index in [4.69, 9.17) is 24.7 Å². The molecule has 1 aromatic carbocycles. The minimum absolute atomic E-state index is 0.00299. The Labute approximate surface area is 208 Å². The van der Waals surface area contributed by atoms with Crippen LogP contribution in [0.3, 0.4) is 0 Å². The lowest BCUT2D eigenvalue weighted by Gasteiger charge is -2.14. The number of aliphatic imine (C=N–C) groups is 1. The number of fused-ring (bicyclic) bond motifs is 1. The summed E-state index contributed by atoms with van der Waals surface area (Å²) in [5, 5.41) is 0. The second-order valence-corrected chi connectivity index (χ2v) is 15.1. The molecule has 0 amide bonds. The molecule has 0 fully saturated rings. The van der Waals surface area contributed by atoms with Gasteiger partial charge in [0.05, 0.1) is 37.0 Å². The molecule has 1 unspecified atom stereocenters. The van der Waals surface area contributed by atoms with E-state index >= 15 is 0 Å². The van der Waals surface area contributed by atoms with E-state index in [1.165, 1.54) is 6.20 Å². The number of rotatable bonds is 12. The van der Waals surface area contributed by atoms with Crippen molar-refractivity contribution in [2.24, 2.45) is 10.7 Å². The molecule has 0 bridgehead atoms. The molecule has 1 atom stereocenters. The van der Waals surface area contributed by atoms with Gasteiger partial charge in [-0.3, -0.25) is 9.79 Å². The van der Waals surface area contributed by atoms with Gasteiger partial charge in [-0.15, -0.1) is 0 Å². The average molecular weight is 499 g/mol. The number of aromatic amines is 1. The number of H-pyrrole nitrogens is 1. The highest BCUT2D eigenvalue weighted by molar-refractivity contribution is 6.76. The second-order valence-electron chi connectivity index (χ2n) is 9.51. The van der Waals surface area contributed by atoms with Crippen LogP contribution in [0.5, 0.6) is 17.4 Å². The number of aromatic nitrogens is 1. The molecular weight excluding hydrogens is 462 g/mol. The fourth-order valence-electron chi connectivity index (χ4n) is 3.56. The normalized spacial score (nSPS) is 15.7. The summed E-state index contributed by atoms with van der Waals surface area (Å²) in [7, 11) is -1.12. The predicted molar refractivity (Wildman–Crippen MR) is 138 cm³/mol. The first kappa shape index (κ1) is 26.4. The van der Waals surface area contributed by atoms with Crippen LogP contribution in [0.25, 0.3) is 0 Å². The molecule has 2 aromatic rings. The average Bonchev–Trinajstić information content (AvgIpc) is 3.20. The van der Waals surface area contributed by atoms with E-state index in [0.29, 0.717) is 37.9 Å². The largest absolute Gasteiger partial charge is 0.492 e. The first-order chi connectivity index (χ1) is 16.8. The van der Waals surface area contributed by atoms with E-state index in [1.54, 1.807) is 13.0 Å². The van der Waals surface area contributed by atoms with Crippen LogP contribution in [0.4, 0.5) is 0 Å². The summed E-state index contributed by atoms with van der Waals surface area (Å²) in [6.45, 7) is 10.6. The van der Waals surface area contributed by atoms with Crippen LogP contribution < -0.4 is 20.2 Å². The predicted octanol–water partition coefficient (Wildman–Crippen LogP) is 4.30. The Bertz CT molecular complexity index is 1050.